The minimum absolute atomic E-state index is 0.0585. The van der Waals surface area contributed by atoms with Gasteiger partial charge in [-0.25, -0.2) is 0 Å². The number of rotatable bonds is 8. The first-order chi connectivity index (χ1) is 16.9. The maximum absolute atomic E-state index is 13.3. The van der Waals surface area contributed by atoms with Gasteiger partial charge in [0.15, 0.2) is 0 Å². The molecule has 6 heteroatoms. The van der Waals surface area contributed by atoms with E-state index in [1.165, 1.54) is 4.90 Å². The van der Waals surface area contributed by atoms with Crippen molar-refractivity contribution in [2.24, 2.45) is 0 Å². The minimum atomic E-state index is -0.750. The minimum Gasteiger partial charge on any atom is -0.507 e. The normalized spacial score (nSPS) is 17.0. The summed E-state index contributed by atoms with van der Waals surface area (Å²) in [5.74, 6) is -0.394. The van der Waals surface area contributed by atoms with E-state index < -0.39 is 17.7 Å². The summed E-state index contributed by atoms with van der Waals surface area (Å²) in [6.07, 6.45) is 0.845. The molecular weight excluding hydrogens is 442 g/mol. The quantitative estimate of drug-likeness (QED) is 0.270. The number of carbonyl (C=O) groups is 2. The number of carbonyl (C=O) groups excluding carboxylic acids is 2. The molecule has 1 N–H and O–H groups in total. The summed E-state index contributed by atoms with van der Waals surface area (Å²) in [4.78, 5) is 28.1. The van der Waals surface area contributed by atoms with Gasteiger partial charge >= 0.3 is 0 Å². The number of benzene rings is 3. The topological polar surface area (TPSA) is 76.1 Å². The summed E-state index contributed by atoms with van der Waals surface area (Å²) >= 11 is 0. The van der Waals surface area contributed by atoms with Crippen LogP contribution in [0.15, 0.2) is 78.4 Å². The van der Waals surface area contributed by atoms with Gasteiger partial charge in [-0.05, 0) is 37.1 Å². The van der Waals surface area contributed by atoms with E-state index in [0.717, 1.165) is 23.1 Å². The molecule has 6 nitrogen and oxygen atoms in total. The third-order valence-electron chi connectivity index (χ3n) is 6.01. The SMILES string of the molecule is CCCOc1cccc(/C(O)=C2/C(=O)C(=O)N(Cc3ccccc3OC)C2c2cccc(C)c2)c1. The maximum atomic E-state index is 13.3. The fourth-order valence-corrected chi connectivity index (χ4v) is 4.36. The highest BCUT2D eigenvalue weighted by atomic mass is 16.5. The Kier molecular flexibility index (Phi) is 7.20. The van der Waals surface area contributed by atoms with E-state index in [2.05, 4.69) is 0 Å². The molecule has 3 aromatic carbocycles. The highest BCUT2D eigenvalue weighted by molar-refractivity contribution is 6.46. The smallest absolute Gasteiger partial charge is 0.295 e. The molecule has 1 amide bonds. The Balaban J connectivity index is 1.84. The van der Waals surface area contributed by atoms with Gasteiger partial charge in [0.2, 0.25) is 0 Å². The number of nitrogens with zero attached hydrogens (tertiary/aromatic N) is 1. The van der Waals surface area contributed by atoms with Crippen LogP contribution in [0.2, 0.25) is 0 Å². The monoisotopic (exact) mass is 471 g/mol. The molecule has 35 heavy (non-hydrogen) atoms. The number of likely N-dealkylation sites (tertiary alicyclic amines) is 1. The van der Waals surface area contributed by atoms with Crippen LogP contribution in [0.1, 0.15) is 41.6 Å². The Morgan fingerprint density at radius 1 is 1.00 bits per heavy atom. The lowest BCUT2D eigenvalue weighted by molar-refractivity contribution is -0.140. The van der Waals surface area contributed by atoms with Gasteiger partial charge in [-0.3, -0.25) is 9.59 Å². The van der Waals surface area contributed by atoms with Crippen LogP contribution in [0.25, 0.3) is 5.76 Å². The van der Waals surface area contributed by atoms with Gasteiger partial charge in [0.25, 0.3) is 11.7 Å². The molecule has 1 heterocycles. The average Bonchev–Trinajstić information content (AvgIpc) is 3.12. The van der Waals surface area contributed by atoms with Crippen molar-refractivity contribution >= 4 is 17.4 Å². The Morgan fingerprint density at radius 2 is 1.77 bits per heavy atom. The molecule has 0 aromatic heterocycles. The predicted octanol–water partition coefficient (Wildman–Crippen LogP) is 5.41. The van der Waals surface area contributed by atoms with Gasteiger partial charge in [0.05, 0.1) is 31.9 Å². The third-order valence-corrected chi connectivity index (χ3v) is 6.01. The zero-order valence-electron chi connectivity index (χ0n) is 20.2. The Hall–Kier alpha value is -4.06. The van der Waals surface area contributed by atoms with E-state index >= 15 is 0 Å². The molecule has 1 unspecified atom stereocenters. The molecule has 0 aliphatic carbocycles. The first-order valence-electron chi connectivity index (χ1n) is 11.6. The molecular formula is C29H29NO5. The van der Waals surface area contributed by atoms with Crippen molar-refractivity contribution in [3.05, 3.63) is 101 Å². The van der Waals surface area contributed by atoms with E-state index in [-0.39, 0.29) is 17.9 Å². The summed E-state index contributed by atoms with van der Waals surface area (Å²) in [6.45, 7) is 4.65. The third kappa shape index (κ3) is 4.92. The second kappa shape index (κ2) is 10.5. The molecule has 1 aliphatic rings. The molecule has 1 saturated heterocycles. The van der Waals surface area contributed by atoms with Crippen LogP contribution < -0.4 is 9.47 Å². The number of Topliss-reactive ketones (excluding diaryl/α,β-unsaturated/α-hetero) is 1. The van der Waals surface area contributed by atoms with E-state index in [9.17, 15) is 14.7 Å². The van der Waals surface area contributed by atoms with Crippen molar-refractivity contribution in [2.75, 3.05) is 13.7 Å². The fraction of sp³-hybridized carbons (Fsp3) is 0.241. The molecule has 1 fully saturated rings. The Morgan fingerprint density at radius 3 is 2.51 bits per heavy atom. The molecule has 3 aromatic rings. The first kappa shape index (κ1) is 24.1. The number of hydrogen-bond acceptors (Lipinski definition) is 5. The van der Waals surface area contributed by atoms with Crippen molar-refractivity contribution < 1.29 is 24.2 Å². The van der Waals surface area contributed by atoms with Crippen LogP contribution in [-0.4, -0.2) is 35.4 Å². The summed E-state index contributed by atoms with van der Waals surface area (Å²) in [7, 11) is 1.57. The van der Waals surface area contributed by atoms with Crippen molar-refractivity contribution in [1.29, 1.82) is 0 Å². The van der Waals surface area contributed by atoms with Gasteiger partial charge in [-0.15, -0.1) is 0 Å². The molecule has 0 spiro atoms. The van der Waals surface area contributed by atoms with E-state index in [0.29, 0.717) is 23.7 Å². The van der Waals surface area contributed by atoms with Crippen molar-refractivity contribution in [3.63, 3.8) is 0 Å². The highest BCUT2D eigenvalue weighted by Gasteiger charge is 2.46. The lowest BCUT2D eigenvalue weighted by Crippen LogP contribution is -2.29. The summed E-state index contributed by atoms with van der Waals surface area (Å²) in [5, 5.41) is 11.3. The number of ketones is 1. The number of amides is 1. The van der Waals surface area contributed by atoms with Gasteiger partial charge < -0.3 is 19.5 Å². The van der Waals surface area contributed by atoms with E-state index in [1.54, 1.807) is 31.4 Å². The van der Waals surface area contributed by atoms with Crippen LogP contribution in [0.4, 0.5) is 0 Å². The van der Waals surface area contributed by atoms with Gasteiger partial charge in [-0.1, -0.05) is 67.1 Å². The average molecular weight is 472 g/mol. The van der Waals surface area contributed by atoms with Crippen LogP contribution >= 0.6 is 0 Å². The zero-order chi connectivity index (χ0) is 24.9. The van der Waals surface area contributed by atoms with Crippen molar-refractivity contribution in [3.8, 4) is 11.5 Å². The number of para-hydroxylation sites is 1. The van der Waals surface area contributed by atoms with Gasteiger partial charge in [0, 0.05) is 11.1 Å². The predicted molar refractivity (Wildman–Crippen MR) is 134 cm³/mol. The van der Waals surface area contributed by atoms with Crippen LogP contribution in [0.5, 0.6) is 11.5 Å². The Labute approximate surface area is 205 Å². The fourth-order valence-electron chi connectivity index (χ4n) is 4.36. The number of aliphatic hydroxyl groups is 1. The molecule has 1 aliphatic heterocycles. The van der Waals surface area contributed by atoms with Crippen LogP contribution in [-0.2, 0) is 16.1 Å². The number of aryl methyl sites for hydroxylation is 1. The first-order valence-corrected chi connectivity index (χ1v) is 11.6. The number of methoxy groups -OCH3 is 1. The van der Waals surface area contributed by atoms with Gasteiger partial charge in [0.1, 0.15) is 17.3 Å². The maximum Gasteiger partial charge on any atom is 0.295 e. The lowest BCUT2D eigenvalue weighted by Gasteiger charge is -2.26. The largest absolute Gasteiger partial charge is 0.507 e. The highest BCUT2D eigenvalue weighted by Crippen LogP contribution is 2.41. The summed E-state index contributed by atoms with van der Waals surface area (Å²) in [6, 6.07) is 21.2. The van der Waals surface area contributed by atoms with Crippen LogP contribution in [0.3, 0.4) is 0 Å². The van der Waals surface area contributed by atoms with Crippen molar-refractivity contribution in [2.45, 2.75) is 32.9 Å². The molecule has 0 bridgehead atoms. The van der Waals surface area contributed by atoms with Gasteiger partial charge in [-0.2, -0.15) is 0 Å². The molecule has 1 atom stereocenters. The summed E-state index contributed by atoms with van der Waals surface area (Å²) < 4.78 is 11.2. The standard InChI is InChI=1S/C29H29NO5/c1-4-15-35-23-13-8-12-21(17-23)27(31)25-26(20-11-7-9-19(2)16-20)30(29(33)28(25)32)18-22-10-5-6-14-24(22)34-3/h5-14,16-17,26,31H,4,15,18H2,1-3H3/b27-25-. The second-order valence-electron chi connectivity index (χ2n) is 8.53. The summed E-state index contributed by atoms with van der Waals surface area (Å²) in [5.41, 5.74) is 2.98. The number of aliphatic hydroxyl groups excluding tert-OH is 1. The molecule has 180 valence electrons. The van der Waals surface area contributed by atoms with E-state index in [1.807, 2.05) is 62.4 Å². The van der Waals surface area contributed by atoms with Crippen molar-refractivity contribution in [1.82, 2.24) is 4.90 Å². The van der Waals surface area contributed by atoms with E-state index in [4.69, 9.17) is 9.47 Å². The molecule has 4 rings (SSSR count). The number of ether oxygens (including phenoxy) is 2. The van der Waals surface area contributed by atoms with Crippen LogP contribution in [0, 0.1) is 6.92 Å². The Bertz CT molecular complexity index is 1280. The molecule has 0 saturated carbocycles. The zero-order valence-corrected chi connectivity index (χ0v) is 20.2. The molecule has 0 radical (unpaired) electrons. The number of hydrogen-bond donors (Lipinski definition) is 1. The second-order valence-corrected chi connectivity index (χ2v) is 8.53. The lowest BCUT2D eigenvalue weighted by atomic mass is 9.94.